The van der Waals surface area contributed by atoms with E-state index in [1.54, 1.807) is 19.3 Å². The number of hydrogen-bond donors (Lipinski definition) is 1. The third kappa shape index (κ3) is 3.68. The molecule has 1 fully saturated rings. The summed E-state index contributed by atoms with van der Waals surface area (Å²) in [4.78, 5) is 22.5. The zero-order valence-electron chi connectivity index (χ0n) is 15.1. The van der Waals surface area contributed by atoms with Crippen LogP contribution in [0.15, 0.2) is 41.1 Å². The Morgan fingerprint density at radius 2 is 2.15 bits per heavy atom. The van der Waals surface area contributed by atoms with Gasteiger partial charge in [-0.15, -0.1) is 0 Å². The molecule has 0 aliphatic carbocycles. The predicted molar refractivity (Wildman–Crippen MR) is 99.7 cm³/mol. The largest absolute Gasteiger partial charge is 0.441 e. The molecule has 4 rings (SSSR count). The minimum Gasteiger partial charge on any atom is -0.441 e. The smallest absolute Gasteiger partial charge is 0.228 e. The lowest BCUT2D eigenvalue weighted by atomic mass is 10.0. The van der Waals surface area contributed by atoms with Crippen molar-refractivity contribution in [2.75, 3.05) is 13.1 Å². The van der Waals surface area contributed by atoms with Gasteiger partial charge in [0, 0.05) is 36.7 Å². The van der Waals surface area contributed by atoms with Gasteiger partial charge in [-0.1, -0.05) is 12.1 Å². The molecule has 1 aromatic carbocycles. The molecule has 0 bridgehead atoms. The van der Waals surface area contributed by atoms with E-state index < -0.39 is 12.2 Å². The molecule has 6 nitrogen and oxygen atoms in total. The topological polar surface area (TPSA) is 85.2 Å². The van der Waals surface area contributed by atoms with Crippen LogP contribution in [0.2, 0.25) is 0 Å². The third-order valence-electron chi connectivity index (χ3n) is 4.96. The van der Waals surface area contributed by atoms with Crippen LogP contribution in [0.3, 0.4) is 0 Å². The highest BCUT2D eigenvalue weighted by Crippen LogP contribution is 2.25. The number of alkyl halides is 1. The molecule has 27 heavy (non-hydrogen) atoms. The molecule has 0 unspecified atom stereocenters. The molecule has 1 amide bonds. The second kappa shape index (κ2) is 7.08. The number of fused-ring (bicyclic) bond motifs is 1. The van der Waals surface area contributed by atoms with E-state index in [9.17, 15) is 9.18 Å². The highest BCUT2D eigenvalue weighted by Gasteiger charge is 2.29. The molecule has 1 aliphatic rings. The quantitative estimate of drug-likeness (QED) is 0.768. The predicted octanol–water partition coefficient (Wildman–Crippen LogP) is 2.64. The van der Waals surface area contributed by atoms with Crippen molar-refractivity contribution in [3.63, 3.8) is 0 Å². The number of benzene rings is 1. The zero-order valence-corrected chi connectivity index (χ0v) is 15.1. The monoisotopic (exact) mass is 368 g/mol. The summed E-state index contributed by atoms with van der Waals surface area (Å²) in [6, 6.07) is 7.31. The molecule has 2 atom stereocenters. The van der Waals surface area contributed by atoms with Crippen LogP contribution in [0.4, 0.5) is 4.39 Å². The second-order valence-corrected chi connectivity index (χ2v) is 6.97. The van der Waals surface area contributed by atoms with Gasteiger partial charge >= 0.3 is 0 Å². The SMILES string of the molecule is Cc1ncc(-c2ccc3cnc(CC(=O)N4CC[C@H](N)[C@@H](F)C4)cc3c2)o1. The van der Waals surface area contributed by atoms with Gasteiger partial charge in [-0.25, -0.2) is 9.37 Å². The maximum absolute atomic E-state index is 13.8. The number of hydrogen-bond acceptors (Lipinski definition) is 5. The van der Waals surface area contributed by atoms with Crippen molar-refractivity contribution in [1.82, 2.24) is 14.9 Å². The van der Waals surface area contributed by atoms with Gasteiger partial charge in [0.05, 0.1) is 24.9 Å². The van der Waals surface area contributed by atoms with E-state index in [0.717, 1.165) is 16.3 Å². The van der Waals surface area contributed by atoms with Crippen LogP contribution in [-0.2, 0) is 11.2 Å². The Balaban J connectivity index is 1.54. The lowest BCUT2D eigenvalue weighted by Gasteiger charge is -2.32. The summed E-state index contributed by atoms with van der Waals surface area (Å²) in [6.07, 6.45) is 2.90. The maximum Gasteiger partial charge on any atom is 0.228 e. The first-order chi connectivity index (χ1) is 13.0. The van der Waals surface area contributed by atoms with Crippen LogP contribution >= 0.6 is 0 Å². The fourth-order valence-electron chi connectivity index (χ4n) is 3.35. The number of halogens is 1. The lowest BCUT2D eigenvalue weighted by Crippen LogP contribution is -2.50. The third-order valence-corrected chi connectivity index (χ3v) is 4.96. The van der Waals surface area contributed by atoms with Crippen LogP contribution in [-0.4, -0.2) is 46.1 Å². The van der Waals surface area contributed by atoms with E-state index in [1.165, 1.54) is 4.90 Å². The second-order valence-electron chi connectivity index (χ2n) is 6.97. The number of nitrogens with zero attached hydrogens (tertiary/aromatic N) is 3. The number of rotatable bonds is 3. The first-order valence-corrected chi connectivity index (χ1v) is 8.98. The average Bonchev–Trinajstić information content (AvgIpc) is 3.09. The molecule has 2 N–H and O–H groups in total. The fourth-order valence-corrected chi connectivity index (χ4v) is 3.35. The Kier molecular flexibility index (Phi) is 4.61. The first-order valence-electron chi connectivity index (χ1n) is 8.98. The van der Waals surface area contributed by atoms with E-state index in [4.69, 9.17) is 10.2 Å². The van der Waals surface area contributed by atoms with Gasteiger partial charge in [0.1, 0.15) is 6.17 Å². The highest BCUT2D eigenvalue weighted by atomic mass is 19.1. The zero-order chi connectivity index (χ0) is 19.0. The molecule has 1 saturated heterocycles. The Hall–Kier alpha value is -2.80. The number of likely N-dealkylation sites (tertiary alicyclic amines) is 1. The summed E-state index contributed by atoms with van der Waals surface area (Å²) in [5.41, 5.74) is 7.25. The van der Waals surface area contributed by atoms with Gasteiger partial charge in [-0.2, -0.15) is 0 Å². The van der Waals surface area contributed by atoms with Crippen molar-refractivity contribution in [1.29, 1.82) is 0 Å². The normalized spacial score (nSPS) is 20.2. The number of oxazole rings is 1. The minimum absolute atomic E-state index is 0.0581. The minimum atomic E-state index is -1.17. The molecule has 7 heteroatoms. The summed E-state index contributed by atoms with van der Waals surface area (Å²) < 4.78 is 19.4. The summed E-state index contributed by atoms with van der Waals surface area (Å²) in [7, 11) is 0. The highest BCUT2D eigenvalue weighted by molar-refractivity contribution is 5.87. The van der Waals surface area contributed by atoms with E-state index in [2.05, 4.69) is 9.97 Å². The van der Waals surface area contributed by atoms with Crippen LogP contribution in [0.1, 0.15) is 18.0 Å². The van der Waals surface area contributed by atoms with Gasteiger partial charge in [0.25, 0.3) is 0 Å². The van der Waals surface area contributed by atoms with Gasteiger partial charge in [0.2, 0.25) is 5.91 Å². The average molecular weight is 368 g/mol. The van der Waals surface area contributed by atoms with Gasteiger partial charge in [-0.05, 0) is 23.9 Å². The molecule has 3 aromatic rings. The molecular formula is C20H21FN4O2. The summed E-state index contributed by atoms with van der Waals surface area (Å²) >= 11 is 0. The summed E-state index contributed by atoms with van der Waals surface area (Å²) in [5.74, 6) is 1.18. The molecular weight excluding hydrogens is 347 g/mol. The molecule has 3 heterocycles. The van der Waals surface area contributed by atoms with Crippen molar-refractivity contribution >= 4 is 16.7 Å². The number of carbonyl (C=O) groups is 1. The Labute approximate surface area is 156 Å². The van der Waals surface area contributed by atoms with Crippen molar-refractivity contribution in [2.24, 2.45) is 5.73 Å². The molecule has 0 saturated carbocycles. The molecule has 2 aromatic heterocycles. The van der Waals surface area contributed by atoms with Crippen molar-refractivity contribution in [3.8, 4) is 11.3 Å². The van der Waals surface area contributed by atoms with Gasteiger partial charge in [0.15, 0.2) is 11.7 Å². The molecule has 0 radical (unpaired) electrons. The van der Waals surface area contributed by atoms with Crippen LogP contribution in [0.25, 0.3) is 22.1 Å². The molecule has 140 valence electrons. The van der Waals surface area contributed by atoms with Gasteiger partial charge in [-0.3, -0.25) is 9.78 Å². The van der Waals surface area contributed by atoms with E-state index in [0.29, 0.717) is 30.3 Å². The van der Waals surface area contributed by atoms with Gasteiger partial charge < -0.3 is 15.1 Å². The standard InChI is InChI=1S/C20H21FN4O2/c1-12-23-10-19(27-12)13-2-3-14-9-24-16(7-15(14)6-13)8-20(26)25-5-4-18(22)17(21)11-25/h2-3,6-7,9-10,17-18H,4-5,8,11,22H2,1H3/t17-,18-/m0/s1. The summed E-state index contributed by atoms with van der Waals surface area (Å²) in [6.45, 7) is 2.35. The van der Waals surface area contributed by atoms with Crippen LogP contribution in [0.5, 0.6) is 0 Å². The molecule has 1 aliphatic heterocycles. The fraction of sp³-hybridized carbons (Fsp3) is 0.350. The molecule has 0 spiro atoms. The number of amides is 1. The number of aryl methyl sites for hydroxylation is 1. The number of piperidine rings is 1. The van der Waals surface area contributed by atoms with Crippen molar-refractivity contribution in [2.45, 2.75) is 32.0 Å². The Morgan fingerprint density at radius 1 is 1.30 bits per heavy atom. The lowest BCUT2D eigenvalue weighted by molar-refractivity contribution is -0.132. The van der Waals surface area contributed by atoms with Crippen LogP contribution in [0, 0.1) is 6.92 Å². The van der Waals surface area contributed by atoms with E-state index in [-0.39, 0.29) is 18.9 Å². The van der Waals surface area contributed by atoms with E-state index in [1.807, 2.05) is 24.3 Å². The number of pyridine rings is 1. The maximum atomic E-state index is 13.8. The Bertz CT molecular complexity index is 987. The van der Waals surface area contributed by atoms with Crippen LogP contribution < -0.4 is 5.73 Å². The van der Waals surface area contributed by atoms with Crippen molar-refractivity contribution in [3.05, 3.63) is 48.2 Å². The van der Waals surface area contributed by atoms with E-state index >= 15 is 0 Å². The first kappa shape index (κ1) is 17.6. The summed E-state index contributed by atoms with van der Waals surface area (Å²) in [5, 5.41) is 1.93. The Morgan fingerprint density at radius 3 is 2.89 bits per heavy atom. The number of carbonyl (C=O) groups excluding carboxylic acids is 1. The van der Waals surface area contributed by atoms with Crippen molar-refractivity contribution < 1.29 is 13.6 Å². The number of aromatic nitrogens is 2. The number of nitrogens with two attached hydrogens (primary N) is 1.